The molecule has 3 aromatic rings. The van der Waals surface area contributed by atoms with Gasteiger partial charge in [0.25, 0.3) is 0 Å². The van der Waals surface area contributed by atoms with Gasteiger partial charge >= 0.3 is 0 Å². The molecule has 0 aliphatic rings. The van der Waals surface area contributed by atoms with Crippen molar-refractivity contribution >= 4 is 5.96 Å². The van der Waals surface area contributed by atoms with Crippen LogP contribution in [0.5, 0.6) is 0 Å². The number of aliphatic imine (C=N–C) groups is 1. The van der Waals surface area contributed by atoms with Gasteiger partial charge in [0.15, 0.2) is 5.96 Å². The molecule has 0 fully saturated rings. The van der Waals surface area contributed by atoms with Gasteiger partial charge in [-0.1, -0.05) is 67.6 Å². The summed E-state index contributed by atoms with van der Waals surface area (Å²) in [6, 6.07) is 20.7. The van der Waals surface area contributed by atoms with Crippen LogP contribution in [0.1, 0.15) is 31.2 Å². The molecule has 1 heterocycles. The van der Waals surface area contributed by atoms with Crippen molar-refractivity contribution in [3.05, 3.63) is 78.2 Å². The number of imidazole rings is 1. The van der Waals surface area contributed by atoms with E-state index in [0.29, 0.717) is 12.5 Å². The standard InChI is InChI=1S/C22H27N5/c1-3-23-22(25-14-17(2)18-10-6-4-7-11-18)26-16-21-24-15-20(27-21)19-12-8-5-9-13-19/h4-13,15,17H,3,14,16H2,1-2H3,(H,24,27)(H2,23,25,26). The molecular weight excluding hydrogens is 334 g/mol. The second-order valence-corrected chi connectivity index (χ2v) is 6.50. The lowest BCUT2D eigenvalue weighted by atomic mass is 10.0. The monoisotopic (exact) mass is 361 g/mol. The van der Waals surface area contributed by atoms with Crippen molar-refractivity contribution in [2.45, 2.75) is 26.3 Å². The Bertz CT molecular complexity index is 839. The number of aromatic amines is 1. The molecule has 1 atom stereocenters. The Kier molecular flexibility index (Phi) is 6.63. The number of benzene rings is 2. The molecule has 140 valence electrons. The lowest BCUT2D eigenvalue weighted by molar-refractivity contribution is 0.698. The van der Waals surface area contributed by atoms with E-state index in [2.05, 4.69) is 75.8 Å². The average molecular weight is 361 g/mol. The van der Waals surface area contributed by atoms with E-state index in [1.165, 1.54) is 5.56 Å². The minimum absolute atomic E-state index is 0.406. The number of nitrogens with zero attached hydrogens (tertiary/aromatic N) is 2. The van der Waals surface area contributed by atoms with Crippen molar-refractivity contribution in [1.82, 2.24) is 20.6 Å². The molecule has 3 N–H and O–H groups in total. The first-order valence-corrected chi connectivity index (χ1v) is 9.42. The SMILES string of the molecule is CCNC(=NCc1ncc(-c2ccccc2)[nH]1)NCC(C)c1ccccc1. The zero-order chi connectivity index (χ0) is 18.9. The van der Waals surface area contributed by atoms with Gasteiger partial charge in [0.05, 0.1) is 11.9 Å². The number of H-pyrrole nitrogens is 1. The lowest BCUT2D eigenvalue weighted by Gasteiger charge is -2.16. The summed E-state index contributed by atoms with van der Waals surface area (Å²) in [5.41, 5.74) is 3.46. The van der Waals surface area contributed by atoms with Crippen molar-refractivity contribution in [1.29, 1.82) is 0 Å². The highest BCUT2D eigenvalue weighted by Gasteiger charge is 2.07. The third-order valence-corrected chi connectivity index (χ3v) is 4.39. The summed E-state index contributed by atoms with van der Waals surface area (Å²) < 4.78 is 0. The highest BCUT2D eigenvalue weighted by molar-refractivity contribution is 5.79. The molecule has 27 heavy (non-hydrogen) atoms. The number of rotatable bonds is 7. The Morgan fingerprint density at radius 3 is 2.44 bits per heavy atom. The second-order valence-electron chi connectivity index (χ2n) is 6.50. The van der Waals surface area contributed by atoms with Crippen LogP contribution in [-0.4, -0.2) is 29.0 Å². The van der Waals surface area contributed by atoms with Gasteiger partial charge in [0.1, 0.15) is 12.4 Å². The van der Waals surface area contributed by atoms with Crippen molar-refractivity contribution < 1.29 is 0 Å². The molecular formula is C22H27N5. The van der Waals surface area contributed by atoms with Crippen LogP contribution < -0.4 is 10.6 Å². The molecule has 5 heteroatoms. The summed E-state index contributed by atoms with van der Waals surface area (Å²) in [7, 11) is 0. The van der Waals surface area contributed by atoms with Crippen LogP contribution in [0, 0.1) is 0 Å². The minimum atomic E-state index is 0.406. The third kappa shape index (κ3) is 5.45. The fourth-order valence-corrected chi connectivity index (χ4v) is 2.85. The highest BCUT2D eigenvalue weighted by Crippen LogP contribution is 2.16. The van der Waals surface area contributed by atoms with E-state index in [0.717, 1.165) is 36.1 Å². The Morgan fingerprint density at radius 1 is 1.04 bits per heavy atom. The topological polar surface area (TPSA) is 65.1 Å². The first-order valence-electron chi connectivity index (χ1n) is 9.42. The van der Waals surface area contributed by atoms with Crippen LogP contribution in [0.15, 0.2) is 71.9 Å². The van der Waals surface area contributed by atoms with Gasteiger partial charge < -0.3 is 15.6 Å². The van der Waals surface area contributed by atoms with Gasteiger partial charge in [0.2, 0.25) is 0 Å². The van der Waals surface area contributed by atoms with E-state index in [9.17, 15) is 0 Å². The van der Waals surface area contributed by atoms with Crippen LogP contribution in [0.3, 0.4) is 0 Å². The zero-order valence-corrected chi connectivity index (χ0v) is 15.9. The minimum Gasteiger partial charge on any atom is -0.357 e. The molecule has 0 aliphatic carbocycles. The predicted molar refractivity (Wildman–Crippen MR) is 112 cm³/mol. The molecule has 1 aromatic heterocycles. The van der Waals surface area contributed by atoms with E-state index in [-0.39, 0.29) is 0 Å². The molecule has 0 radical (unpaired) electrons. The van der Waals surface area contributed by atoms with Crippen LogP contribution in [0.25, 0.3) is 11.3 Å². The quantitative estimate of drug-likeness (QED) is 0.441. The first-order chi connectivity index (χ1) is 13.3. The molecule has 0 amide bonds. The van der Waals surface area contributed by atoms with Gasteiger partial charge in [-0.2, -0.15) is 0 Å². The molecule has 0 bridgehead atoms. The van der Waals surface area contributed by atoms with Gasteiger partial charge in [-0.25, -0.2) is 9.98 Å². The molecule has 3 rings (SSSR count). The molecule has 0 saturated heterocycles. The maximum Gasteiger partial charge on any atom is 0.191 e. The number of nitrogens with one attached hydrogen (secondary N) is 3. The Labute approximate surface area is 161 Å². The predicted octanol–water partition coefficient (Wildman–Crippen LogP) is 3.94. The summed E-state index contributed by atoms with van der Waals surface area (Å²) >= 11 is 0. The van der Waals surface area contributed by atoms with E-state index in [1.54, 1.807) is 0 Å². The fourth-order valence-electron chi connectivity index (χ4n) is 2.85. The van der Waals surface area contributed by atoms with Crippen LogP contribution in [0.2, 0.25) is 0 Å². The van der Waals surface area contributed by atoms with Gasteiger partial charge in [-0.05, 0) is 24.0 Å². The third-order valence-electron chi connectivity index (χ3n) is 4.39. The van der Waals surface area contributed by atoms with E-state index in [4.69, 9.17) is 0 Å². The van der Waals surface area contributed by atoms with Crippen molar-refractivity contribution in [2.24, 2.45) is 4.99 Å². The largest absolute Gasteiger partial charge is 0.357 e. The normalized spacial score (nSPS) is 12.6. The number of guanidine groups is 1. The van der Waals surface area contributed by atoms with Crippen LogP contribution in [-0.2, 0) is 6.54 Å². The summed E-state index contributed by atoms with van der Waals surface area (Å²) in [6.45, 7) is 6.42. The molecule has 2 aromatic carbocycles. The smallest absolute Gasteiger partial charge is 0.191 e. The molecule has 0 spiro atoms. The summed E-state index contributed by atoms with van der Waals surface area (Å²) in [4.78, 5) is 12.5. The van der Waals surface area contributed by atoms with Gasteiger partial charge in [-0.15, -0.1) is 0 Å². The van der Waals surface area contributed by atoms with Crippen molar-refractivity contribution in [3.8, 4) is 11.3 Å². The van der Waals surface area contributed by atoms with E-state index < -0.39 is 0 Å². The fraction of sp³-hybridized carbons (Fsp3) is 0.273. The second kappa shape index (κ2) is 9.57. The van der Waals surface area contributed by atoms with E-state index in [1.807, 2.05) is 30.5 Å². The van der Waals surface area contributed by atoms with Crippen LogP contribution in [0.4, 0.5) is 0 Å². The highest BCUT2D eigenvalue weighted by atomic mass is 15.2. The Hall–Kier alpha value is -3.08. The van der Waals surface area contributed by atoms with Crippen LogP contribution >= 0.6 is 0 Å². The maximum absolute atomic E-state index is 4.66. The molecule has 0 aliphatic heterocycles. The summed E-state index contributed by atoms with van der Waals surface area (Å²) in [6.07, 6.45) is 1.86. The van der Waals surface area contributed by atoms with Crippen molar-refractivity contribution in [3.63, 3.8) is 0 Å². The van der Waals surface area contributed by atoms with Gasteiger partial charge in [-0.3, -0.25) is 0 Å². The lowest BCUT2D eigenvalue weighted by Crippen LogP contribution is -2.39. The van der Waals surface area contributed by atoms with E-state index >= 15 is 0 Å². The first kappa shape index (κ1) is 18.7. The number of hydrogen-bond acceptors (Lipinski definition) is 2. The summed E-state index contributed by atoms with van der Waals surface area (Å²) in [5.74, 6) is 2.06. The Balaban J connectivity index is 1.60. The zero-order valence-electron chi connectivity index (χ0n) is 15.9. The molecule has 1 unspecified atom stereocenters. The Morgan fingerprint density at radius 2 is 1.74 bits per heavy atom. The van der Waals surface area contributed by atoms with Crippen molar-refractivity contribution in [2.75, 3.05) is 13.1 Å². The average Bonchev–Trinajstić information content (AvgIpc) is 3.20. The molecule has 5 nitrogen and oxygen atoms in total. The maximum atomic E-state index is 4.66. The summed E-state index contributed by atoms with van der Waals surface area (Å²) in [5, 5.41) is 6.72. The number of hydrogen-bond donors (Lipinski definition) is 3. The number of aromatic nitrogens is 2. The van der Waals surface area contributed by atoms with Gasteiger partial charge in [0, 0.05) is 13.1 Å². The molecule has 0 saturated carbocycles.